The molecule has 0 amide bonds. The van der Waals surface area contributed by atoms with E-state index < -0.39 is 13.3 Å². The molecule has 0 N–H and O–H groups in total. The van der Waals surface area contributed by atoms with Gasteiger partial charge in [0.25, 0.3) is 0 Å². The van der Waals surface area contributed by atoms with Crippen molar-refractivity contribution in [3.8, 4) is 0 Å². The van der Waals surface area contributed by atoms with E-state index in [1.54, 1.807) is 6.07 Å². The van der Waals surface area contributed by atoms with E-state index in [9.17, 15) is 17.7 Å². The van der Waals surface area contributed by atoms with Gasteiger partial charge in [0.05, 0.1) is 0 Å². The van der Waals surface area contributed by atoms with Gasteiger partial charge < -0.3 is 12.9 Å². The van der Waals surface area contributed by atoms with Crippen LogP contribution in [0.3, 0.4) is 0 Å². The van der Waals surface area contributed by atoms with Crippen LogP contribution < -0.4 is 0 Å². The predicted octanol–water partition coefficient (Wildman–Crippen LogP) is 3.51. The number of halogens is 3. The number of ketones is 1. The minimum atomic E-state index is -4.78. The second-order valence-corrected chi connectivity index (χ2v) is 4.57. The molecule has 0 saturated carbocycles. The molecule has 0 unspecified atom stereocenters. The number of fused-ring (bicyclic) bond motifs is 1. The first-order valence-electron chi connectivity index (χ1n) is 5.74. The first-order chi connectivity index (χ1) is 7.88. The van der Waals surface area contributed by atoms with E-state index in [0.29, 0.717) is 24.0 Å². The standard InChI is InChI=1S/C12H13BF3O/c1-8-2-3-9(6-7-13(14,15)16)12-10(8)4-5-11(12)17/h2-3H,4-7H2,1H3/q-1. The fourth-order valence-corrected chi connectivity index (χ4v) is 2.36. The predicted molar refractivity (Wildman–Crippen MR) is 61.4 cm³/mol. The van der Waals surface area contributed by atoms with Gasteiger partial charge in [-0.25, -0.2) is 0 Å². The van der Waals surface area contributed by atoms with Crippen LogP contribution in [0.25, 0.3) is 0 Å². The topological polar surface area (TPSA) is 17.1 Å². The van der Waals surface area contributed by atoms with Gasteiger partial charge in [0.2, 0.25) is 0 Å². The van der Waals surface area contributed by atoms with Crippen molar-refractivity contribution in [2.24, 2.45) is 0 Å². The summed E-state index contributed by atoms with van der Waals surface area (Å²) in [6.45, 7) is -2.88. The molecule has 1 aliphatic rings. The zero-order valence-electron chi connectivity index (χ0n) is 9.60. The van der Waals surface area contributed by atoms with E-state index in [1.807, 2.05) is 13.0 Å². The lowest BCUT2D eigenvalue weighted by molar-refractivity contribution is 0.0993. The van der Waals surface area contributed by atoms with Crippen LogP contribution in [0.15, 0.2) is 12.1 Å². The van der Waals surface area contributed by atoms with Crippen LogP contribution in [0.4, 0.5) is 12.9 Å². The fourth-order valence-electron chi connectivity index (χ4n) is 2.36. The summed E-state index contributed by atoms with van der Waals surface area (Å²) in [6.07, 6.45) is 0.232. The molecule has 0 atom stereocenters. The summed E-state index contributed by atoms with van der Waals surface area (Å²) in [5, 5.41) is 0. The third kappa shape index (κ3) is 2.53. The van der Waals surface area contributed by atoms with Crippen LogP contribution >= 0.6 is 0 Å². The Balaban J connectivity index is 2.30. The Hall–Kier alpha value is -1.26. The Labute approximate surface area is 98.1 Å². The van der Waals surface area contributed by atoms with E-state index in [1.165, 1.54) is 0 Å². The summed E-state index contributed by atoms with van der Waals surface area (Å²) in [4.78, 5) is 11.7. The van der Waals surface area contributed by atoms with E-state index in [4.69, 9.17) is 0 Å². The van der Waals surface area contributed by atoms with Crippen LogP contribution in [0.1, 0.15) is 33.5 Å². The number of aryl methyl sites for hydroxylation is 2. The molecule has 1 aromatic carbocycles. The highest BCUT2D eigenvalue weighted by molar-refractivity contribution is 6.58. The van der Waals surface area contributed by atoms with Gasteiger partial charge in [-0.2, -0.15) is 0 Å². The number of hydrogen-bond donors (Lipinski definition) is 0. The molecule has 1 aliphatic carbocycles. The summed E-state index contributed by atoms with van der Waals surface area (Å²) in [6, 6.07) is 3.48. The van der Waals surface area contributed by atoms with Gasteiger partial charge >= 0.3 is 6.98 Å². The second kappa shape index (κ2) is 4.20. The maximum atomic E-state index is 12.2. The number of hydrogen-bond acceptors (Lipinski definition) is 1. The molecule has 92 valence electrons. The van der Waals surface area contributed by atoms with Crippen LogP contribution in [0, 0.1) is 6.92 Å². The van der Waals surface area contributed by atoms with Gasteiger partial charge in [-0.05, 0) is 30.0 Å². The molecule has 0 heterocycles. The van der Waals surface area contributed by atoms with Crippen molar-refractivity contribution in [2.45, 2.75) is 32.5 Å². The third-order valence-corrected chi connectivity index (χ3v) is 3.26. The molecule has 0 fully saturated rings. The van der Waals surface area contributed by atoms with Crippen molar-refractivity contribution in [3.63, 3.8) is 0 Å². The minimum Gasteiger partial charge on any atom is -0.449 e. The van der Waals surface area contributed by atoms with Crippen molar-refractivity contribution >= 4 is 12.8 Å². The lowest BCUT2D eigenvalue weighted by Crippen LogP contribution is -2.16. The Kier molecular flexibility index (Phi) is 3.02. The molecule has 0 aliphatic heterocycles. The van der Waals surface area contributed by atoms with Gasteiger partial charge in [0.15, 0.2) is 5.78 Å². The normalized spacial score (nSPS) is 15.2. The largest absolute Gasteiger partial charge is 0.478 e. The third-order valence-electron chi connectivity index (χ3n) is 3.26. The summed E-state index contributed by atoms with van der Waals surface area (Å²) < 4.78 is 36.7. The van der Waals surface area contributed by atoms with E-state index in [0.717, 1.165) is 11.1 Å². The Morgan fingerprint density at radius 3 is 2.59 bits per heavy atom. The highest BCUT2D eigenvalue weighted by Crippen LogP contribution is 2.30. The highest BCUT2D eigenvalue weighted by atomic mass is 19.4. The van der Waals surface area contributed by atoms with E-state index >= 15 is 0 Å². The molecule has 2 rings (SSSR count). The summed E-state index contributed by atoms with van der Waals surface area (Å²) >= 11 is 0. The van der Waals surface area contributed by atoms with E-state index in [2.05, 4.69) is 0 Å². The van der Waals surface area contributed by atoms with Crippen molar-refractivity contribution in [1.82, 2.24) is 0 Å². The van der Waals surface area contributed by atoms with Gasteiger partial charge in [0, 0.05) is 12.0 Å². The van der Waals surface area contributed by atoms with E-state index in [-0.39, 0.29) is 12.2 Å². The molecule has 5 heteroatoms. The molecule has 1 aromatic rings. The van der Waals surface area contributed by atoms with Gasteiger partial charge in [-0.15, -0.1) is 0 Å². The molecular formula is C12H13BF3O-. The molecule has 1 nitrogen and oxygen atoms in total. The molecule has 0 bridgehead atoms. The Morgan fingerprint density at radius 1 is 1.24 bits per heavy atom. The Morgan fingerprint density at radius 2 is 1.94 bits per heavy atom. The molecular weight excluding hydrogens is 228 g/mol. The van der Waals surface area contributed by atoms with Crippen molar-refractivity contribution in [1.29, 1.82) is 0 Å². The lowest BCUT2D eigenvalue weighted by Gasteiger charge is -2.15. The number of benzene rings is 1. The highest BCUT2D eigenvalue weighted by Gasteiger charge is 2.27. The maximum absolute atomic E-state index is 12.2. The van der Waals surface area contributed by atoms with Crippen molar-refractivity contribution in [3.05, 3.63) is 34.4 Å². The molecule has 0 aromatic heterocycles. The minimum absolute atomic E-state index is 0.00613. The smallest absolute Gasteiger partial charge is 0.449 e. The van der Waals surface area contributed by atoms with Crippen LogP contribution in [-0.4, -0.2) is 12.8 Å². The molecule has 17 heavy (non-hydrogen) atoms. The first-order valence-corrected chi connectivity index (χ1v) is 5.74. The first kappa shape index (κ1) is 12.2. The molecule has 0 radical (unpaired) electrons. The summed E-state index contributed by atoms with van der Waals surface area (Å²) in [5.41, 5.74) is 3.08. The van der Waals surface area contributed by atoms with Crippen LogP contribution in [0.2, 0.25) is 6.32 Å². The Bertz CT molecular complexity index is 466. The van der Waals surface area contributed by atoms with Gasteiger partial charge in [0.1, 0.15) is 0 Å². The average molecular weight is 241 g/mol. The van der Waals surface area contributed by atoms with Crippen LogP contribution in [-0.2, 0) is 12.8 Å². The molecule has 0 saturated heterocycles. The SMILES string of the molecule is Cc1ccc(CC[B-](F)(F)F)c2c1CCC2=O. The second-order valence-electron chi connectivity index (χ2n) is 4.57. The number of Topliss-reactive ketones (excluding diaryl/α,β-unsaturated/α-hetero) is 1. The van der Waals surface area contributed by atoms with Gasteiger partial charge in [-0.3, -0.25) is 4.79 Å². The average Bonchev–Trinajstić information content (AvgIpc) is 2.60. The summed E-state index contributed by atoms with van der Waals surface area (Å²) in [7, 11) is 0. The van der Waals surface area contributed by atoms with Crippen molar-refractivity contribution in [2.75, 3.05) is 0 Å². The zero-order chi connectivity index (χ0) is 12.6. The van der Waals surface area contributed by atoms with Crippen LogP contribution in [0.5, 0.6) is 0 Å². The quantitative estimate of drug-likeness (QED) is 0.740. The monoisotopic (exact) mass is 241 g/mol. The van der Waals surface area contributed by atoms with Crippen molar-refractivity contribution < 1.29 is 17.7 Å². The fraction of sp³-hybridized carbons (Fsp3) is 0.417. The zero-order valence-corrected chi connectivity index (χ0v) is 9.60. The number of rotatable bonds is 3. The lowest BCUT2D eigenvalue weighted by atomic mass is 9.81. The number of carbonyl (C=O) groups is 1. The number of carbonyl (C=O) groups excluding carboxylic acids is 1. The van der Waals surface area contributed by atoms with Gasteiger partial charge in [-0.1, -0.05) is 24.9 Å². The summed E-state index contributed by atoms with van der Waals surface area (Å²) in [5.74, 6) is -0.00613. The maximum Gasteiger partial charge on any atom is 0.478 e. The molecule has 0 spiro atoms.